The SMILES string of the molecule is COC(=O)CCCC#Cc1cnccc1COc1ccccc1I. The first kappa shape index (κ1) is 18.3. The molecule has 0 bridgehead atoms. The molecular weight excluding hydrogens is 417 g/mol. The number of nitrogens with zero attached hydrogens (tertiary/aromatic N) is 1. The summed E-state index contributed by atoms with van der Waals surface area (Å²) in [5.74, 6) is 6.84. The number of esters is 1. The number of para-hydroxylation sites is 1. The maximum atomic E-state index is 11.0. The smallest absolute Gasteiger partial charge is 0.305 e. The van der Waals surface area contributed by atoms with Crippen LogP contribution in [0.15, 0.2) is 42.7 Å². The van der Waals surface area contributed by atoms with Gasteiger partial charge in [0.25, 0.3) is 0 Å². The summed E-state index contributed by atoms with van der Waals surface area (Å²) < 4.78 is 11.5. The van der Waals surface area contributed by atoms with Gasteiger partial charge in [-0.3, -0.25) is 9.78 Å². The van der Waals surface area contributed by atoms with Crippen molar-refractivity contribution in [3.63, 3.8) is 0 Å². The Bertz CT molecular complexity index is 750. The Hall–Kier alpha value is -2.07. The summed E-state index contributed by atoms with van der Waals surface area (Å²) in [7, 11) is 1.39. The molecule has 0 spiro atoms. The molecule has 0 aliphatic heterocycles. The van der Waals surface area contributed by atoms with E-state index in [-0.39, 0.29) is 5.97 Å². The largest absolute Gasteiger partial charge is 0.488 e. The normalized spacial score (nSPS) is 9.75. The van der Waals surface area contributed by atoms with Gasteiger partial charge in [-0.15, -0.1) is 0 Å². The lowest BCUT2D eigenvalue weighted by molar-refractivity contribution is -0.140. The summed E-state index contributed by atoms with van der Waals surface area (Å²) in [5.41, 5.74) is 1.84. The lowest BCUT2D eigenvalue weighted by Crippen LogP contribution is -2.00. The standard InChI is InChI=1S/C19H18INO3/c1-23-19(22)10-4-2-3-7-15-13-21-12-11-16(15)14-24-18-9-6-5-8-17(18)20/h5-6,8-9,11-13H,2,4,10,14H2,1H3. The minimum absolute atomic E-state index is 0.204. The Morgan fingerprint density at radius 1 is 1.29 bits per heavy atom. The predicted octanol–water partition coefficient (Wildman–Crippen LogP) is 3.96. The molecule has 1 heterocycles. The molecule has 0 unspecified atom stereocenters. The molecule has 2 rings (SSSR count). The number of unbranched alkanes of at least 4 members (excludes halogenated alkanes) is 1. The fourth-order valence-electron chi connectivity index (χ4n) is 1.96. The molecule has 0 saturated heterocycles. The second-order valence-corrected chi connectivity index (χ2v) is 6.15. The number of carbonyl (C=O) groups is 1. The van der Waals surface area contributed by atoms with Crippen molar-refractivity contribution in [2.45, 2.75) is 25.9 Å². The minimum atomic E-state index is -0.204. The highest BCUT2D eigenvalue weighted by molar-refractivity contribution is 14.1. The van der Waals surface area contributed by atoms with Crippen LogP contribution in [0, 0.1) is 15.4 Å². The molecule has 0 saturated carbocycles. The molecule has 1 aromatic heterocycles. The number of rotatable bonds is 6. The summed E-state index contributed by atoms with van der Waals surface area (Å²) in [6.07, 6.45) is 5.19. The fourth-order valence-corrected chi connectivity index (χ4v) is 2.50. The number of benzene rings is 1. The summed E-state index contributed by atoms with van der Waals surface area (Å²) in [5, 5.41) is 0. The number of ether oxygens (including phenoxy) is 2. The first-order valence-electron chi connectivity index (χ1n) is 7.56. The molecule has 0 fully saturated rings. The number of methoxy groups -OCH3 is 1. The van der Waals surface area contributed by atoms with E-state index in [1.54, 1.807) is 12.4 Å². The third-order valence-electron chi connectivity index (χ3n) is 3.26. The van der Waals surface area contributed by atoms with Crippen LogP contribution in [0.1, 0.15) is 30.4 Å². The number of pyridine rings is 1. The van der Waals surface area contributed by atoms with Crippen LogP contribution in [0.2, 0.25) is 0 Å². The Morgan fingerprint density at radius 2 is 2.12 bits per heavy atom. The molecule has 0 aliphatic carbocycles. The Balaban J connectivity index is 1.95. The Morgan fingerprint density at radius 3 is 2.92 bits per heavy atom. The lowest BCUT2D eigenvalue weighted by Gasteiger charge is -2.09. The molecule has 2 aromatic rings. The number of aromatic nitrogens is 1. The van der Waals surface area contributed by atoms with Crippen LogP contribution in [0.4, 0.5) is 0 Å². The Labute approximate surface area is 155 Å². The van der Waals surface area contributed by atoms with Crippen molar-refractivity contribution in [2.75, 3.05) is 7.11 Å². The second-order valence-electron chi connectivity index (χ2n) is 4.98. The molecule has 24 heavy (non-hydrogen) atoms. The van der Waals surface area contributed by atoms with Gasteiger partial charge in [-0.2, -0.15) is 0 Å². The number of hydrogen-bond donors (Lipinski definition) is 0. The highest BCUT2D eigenvalue weighted by Crippen LogP contribution is 2.21. The molecule has 0 amide bonds. The van der Waals surface area contributed by atoms with Gasteiger partial charge in [0.15, 0.2) is 0 Å². The van der Waals surface area contributed by atoms with Crippen LogP contribution in [0.25, 0.3) is 0 Å². The number of halogens is 1. The van der Waals surface area contributed by atoms with E-state index in [0.29, 0.717) is 25.9 Å². The average molecular weight is 435 g/mol. The molecule has 0 aliphatic rings. The summed E-state index contributed by atoms with van der Waals surface area (Å²) >= 11 is 2.25. The molecule has 0 radical (unpaired) electrons. The second kappa shape index (κ2) is 9.93. The summed E-state index contributed by atoms with van der Waals surface area (Å²) in [6, 6.07) is 9.79. The van der Waals surface area contributed by atoms with Crippen molar-refractivity contribution >= 4 is 28.6 Å². The van der Waals surface area contributed by atoms with Crippen LogP contribution in [-0.4, -0.2) is 18.1 Å². The third-order valence-corrected chi connectivity index (χ3v) is 4.16. The van der Waals surface area contributed by atoms with Gasteiger partial charge < -0.3 is 9.47 Å². The quantitative estimate of drug-likeness (QED) is 0.298. The average Bonchev–Trinajstić information content (AvgIpc) is 2.61. The van der Waals surface area contributed by atoms with Crippen LogP contribution >= 0.6 is 22.6 Å². The van der Waals surface area contributed by atoms with Crippen molar-refractivity contribution in [3.8, 4) is 17.6 Å². The fraction of sp³-hybridized carbons (Fsp3) is 0.263. The van der Waals surface area contributed by atoms with Crippen molar-refractivity contribution in [2.24, 2.45) is 0 Å². The zero-order chi connectivity index (χ0) is 17.2. The molecule has 0 N–H and O–H groups in total. The highest BCUT2D eigenvalue weighted by atomic mass is 127. The van der Waals surface area contributed by atoms with Gasteiger partial charge in [0.2, 0.25) is 0 Å². The van der Waals surface area contributed by atoms with E-state index in [1.165, 1.54) is 7.11 Å². The van der Waals surface area contributed by atoms with E-state index in [1.807, 2.05) is 30.3 Å². The van der Waals surface area contributed by atoms with Crippen molar-refractivity contribution in [3.05, 3.63) is 57.4 Å². The van der Waals surface area contributed by atoms with Gasteiger partial charge in [-0.25, -0.2) is 0 Å². The molecule has 1 aromatic carbocycles. The van der Waals surface area contributed by atoms with Gasteiger partial charge in [0.05, 0.1) is 10.7 Å². The van der Waals surface area contributed by atoms with Gasteiger partial charge in [0.1, 0.15) is 12.4 Å². The van der Waals surface area contributed by atoms with Gasteiger partial charge >= 0.3 is 5.97 Å². The van der Waals surface area contributed by atoms with E-state index in [9.17, 15) is 4.79 Å². The maximum Gasteiger partial charge on any atom is 0.305 e. The molecular formula is C19H18INO3. The van der Waals surface area contributed by atoms with Gasteiger partial charge in [-0.1, -0.05) is 24.0 Å². The topological polar surface area (TPSA) is 48.4 Å². The minimum Gasteiger partial charge on any atom is -0.488 e. The van der Waals surface area contributed by atoms with Crippen molar-refractivity contribution in [1.82, 2.24) is 4.98 Å². The molecule has 124 valence electrons. The van der Waals surface area contributed by atoms with Crippen LogP contribution < -0.4 is 4.74 Å². The molecule has 5 heteroatoms. The zero-order valence-electron chi connectivity index (χ0n) is 13.4. The van der Waals surface area contributed by atoms with Crippen LogP contribution in [0.3, 0.4) is 0 Å². The monoisotopic (exact) mass is 435 g/mol. The van der Waals surface area contributed by atoms with E-state index in [4.69, 9.17) is 4.74 Å². The molecule has 0 atom stereocenters. The van der Waals surface area contributed by atoms with Gasteiger partial charge in [-0.05, 0) is 47.2 Å². The first-order valence-corrected chi connectivity index (χ1v) is 8.64. The lowest BCUT2D eigenvalue weighted by atomic mass is 10.1. The van der Waals surface area contributed by atoms with E-state index < -0.39 is 0 Å². The summed E-state index contributed by atoms with van der Waals surface area (Å²) in [4.78, 5) is 15.2. The Kier molecular flexibility index (Phi) is 7.56. The van der Waals surface area contributed by atoms with E-state index in [2.05, 4.69) is 44.2 Å². The van der Waals surface area contributed by atoms with Crippen LogP contribution in [0.5, 0.6) is 5.75 Å². The summed E-state index contributed by atoms with van der Waals surface area (Å²) in [6.45, 7) is 0.439. The van der Waals surface area contributed by atoms with Gasteiger partial charge in [0, 0.05) is 36.4 Å². The van der Waals surface area contributed by atoms with Crippen molar-refractivity contribution < 1.29 is 14.3 Å². The zero-order valence-corrected chi connectivity index (χ0v) is 15.6. The third kappa shape index (κ3) is 5.85. The number of hydrogen-bond acceptors (Lipinski definition) is 4. The highest BCUT2D eigenvalue weighted by Gasteiger charge is 2.04. The van der Waals surface area contributed by atoms with Crippen molar-refractivity contribution in [1.29, 1.82) is 0 Å². The molecule has 4 nitrogen and oxygen atoms in total. The maximum absolute atomic E-state index is 11.0. The first-order chi connectivity index (χ1) is 11.7. The van der Waals surface area contributed by atoms with Crippen LogP contribution in [-0.2, 0) is 16.1 Å². The van der Waals surface area contributed by atoms with E-state index in [0.717, 1.165) is 20.4 Å². The van der Waals surface area contributed by atoms with E-state index >= 15 is 0 Å². The predicted molar refractivity (Wildman–Crippen MR) is 100 cm³/mol. The number of carbonyl (C=O) groups excluding carboxylic acids is 1.